The fourth-order valence-corrected chi connectivity index (χ4v) is 3.67. The van der Waals surface area contributed by atoms with Crippen molar-refractivity contribution in [2.75, 3.05) is 11.9 Å². The average molecular weight is 248 g/mol. The molecule has 1 aromatic rings. The van der Waals surface area contributed by atoms with Crippen molar-refractivity contribution in [1.29, 1.82) is 0 Å². The molecule has 0 aromatic carbocycles. The van der Waals surface area contributed by atoms with Crippen LogP contribution in [0.4, 0.5) is 5.69 Å². The van der Waals surface area contributed by atoms with Crippen molar-refractivity contribution < 1.29 is 0 Å². The minimum atomic E-state index is 0.628. The normalized spacial score (nSPS) is 32.0. The lowest BCUT2D eigenvalue weighted by molar-refractivity contribution is 0.376. The van der Waals surface area contributed by atoms with Gasteiger partial charge in [0.25, 0.3) is 0 Å². The Labute approximate surface area is 109 Å². The number of anilines is 1. The fourth-order valence-electron chi connectivity index (χ4n) is 3.67. The zero-order valence-corrected chi connectivity index (χ0v) is 11.4. The van der Waals surface area contributed by atoms with E-state index in [1.165, 1.54) is 44.3 Å². The third-order valence-corrected chi connectivity index (χ3v) is 4.54. The molecule has 2 N–H and O–H groups in total. The lowest BCUT2D eigenvalue weighted by atomic mass is 9.93. The lowest BCUT2D eigenvalue weighted by Crippen LogP contribution is -2.38. The maximum atomic E-state index is 4.41. The largest absolute Gasteiger partial charge is 0.379 e. The van der Waals surface area contributed by atoms with Crippen molar-refractivity contribution in [2.24, 2.45) is 13.0 Å². The molecule has 3 atom stereocenters. The van der Waals surface area contributed by atoms with E-state index in [0.717, 1.165) is 17.7 Å². The molecule has 3 rings (SSSR count). The summed E-state index contributed by atoms with van der Waals surface area (Å²) in [6.07, 6.45) is 8.84. The van der Waals surface area contributed by atoms with Gasteiger partial charge in [-0.25, -0.2) is 0 Å². The summed E-state index contributed by atoms with van der Waals surface area (Å²) in [6, 6.07) is 1.37. The molecule has 2 heterocycles. The molecule has 1 aliphatic carbocycles. The molecule has 1 aromatic heterocycles. The average Bonchev–Trinajstić information content (AvgIpc) is 3.01. The summed E-state index contributed by atoms with van der Waals surface area (Å²) in [4.78, 5) is 0. The standard InChI is InChI=1S/C14H24N4/c1-10-14(9-18(2)17-10)16-13-6-3-5-11(13)12-7-4-8-15-12/h9,11-13,15-16H,3-8H2,1-2H3. The SMILES string of the molecule is Cc1nn(C)cc1NC1CCCC1C1CCCN1. The van der Waals surface area contributed by atoms with E-state index in [1.54, 1.807) is 0 Å². The second-order valence-corrected chi connectivity index (χ2v) is 5.85. The van der Waals surface area contributed by atoms with Crippen LogP contribution in [0.3, 0.4) is 0 Å². The molecule has 2 aliphatic rings. The highest BCUT2D eigenvalue weighted by Gasteiger charge is 2.35. The monoisotopic (exact) mass is 248 g/mol. The van der Waals surface area contributed by atoms with Crippen molar-refractivity contribution in [3.63, 3.8) is 0 Å². The molecule has 0 amide bonds. The first-order valence-corrected chi connectivity index (χ1v) is 7.24. The highest BCUT2D eigenvalue weighted by molar-refractivity contribution is 5.46. The molecule has 18 heavy (non-hydrogen) atoms. The lowest BCUT2D eigenvalue weighted by Gasteiger charge is -2.27. The van der Waals surface area contributed by atoms with Crippen LogP contribution in [0.25, 0.3) is 0 Å². The molecule has 100 valence electrons. The molecule has 0 spiro atoms. The Kier molecular flexibility index (Phi) is 3.29. The van der Waals surface area contributed by atoms with Gasteiger partial charge in [0.1, 0.15) is 0 Å². The summed E-state index contributed by atoms with van der Waals surface area (Å²) < 4.78 is 1.90. The van der Waals surface area contributed by atoms with Crippen LogP contribution >= 0.6 is 0 Å². The molecule has 2 fully saturated rings. The van der Waals surface area contributed by atoms with Gasteiger partial charge >= 0.3 is 0 Å². The number of aromatic nitrogens is 2. The summed E-state index contributed by atoms with van der Waals surface area (Å²) in [5, 5.41) is 11.8. The summed E-state index contributed by atoms with van der Waals surface area (Å²) in [5.74, 6) is 0.798. The Morgan fingerprint density at radius 3 is 2.89 bits per heavy atom. The van der Waals surface area contributed by atoms with Gasteiger partial charge in [-0.1, -0.05) is 6.42 Å². The van der Waals surface area contributed by atoms with Gasteiger partial charge in [0, 0.05) is 25.3 Å². The number of aryl methyl sites for hydroxylation is 2. The third-order valence-electron chi connectivity index (χ3n) is 4.54. The van der Waals surface area contributed by atoms with Crippen LogP contribution in [0.5, 0.6) is 0 Å². The molecule has 4 heteroatoms. The minimum Gasteiger partial charge on any atom is -0.379 e. The minimum absolute atomic E-state index is 0.628. The van der Waals surface area contributed by atoms with Crippen molar-refractivity contribution in [2.45, 2.75) is 51.1 Å². The van der Waals surface area contributed by atoms with E-state index in [1.807, 2.05) is 11.7 Å². The fraction of sp³-hybridized carbons (Fsp3) is 0.786. The Morgan fingerprint density at radius 1 is 1.33 bits per heavy atom. The summed E-state index contributed by atoms with van der Waals surface area (Å²) in [5.41, 5.74) is 2.33. The van der Waals surface area contributed by atoms with E-state index in [4.69, 9.17) is 0 Å². The predicted octanol–water partition coefficient (Wildman–Crippen LogP) is 2.06. The second kappa shape index (κ2) is 4.92. The Hall–Kier alpha value is -1.03. The molecule has 1 aliphatic heterocycles. The first-order valence-electron chi connectivity index (χ1n) is 7.24. The van der Waals surface area contributed by atoms with Crippen LogP contribution in [0.15, 0.2) is 6.20 Å². The van der Waals surface area contributed by atoms with E-state index in [9.17, 15) is 0 Å². The first kappa shape index (κ1) is 12.0. The smallest absolute Gasteiger partial charge is 0.0825 e. The number of hydrogen-bond donors (Lipinski definition) is 2. The number of nitrogens with one attached hydrogen (secondary N) is 2. The Bertz CT molecular complexity index is 406. The van der Waals surface area contributed by atoms with E-state index in [2.05, 4.69) is 28.9 Å². The molecular weight excluding hydrogens is 224 g/mol. The summed E-state index contributed by atoms with van der Waals surface area (Å²) >= 11 is 0. The number of rotatable bonds is 3. The zero-order valence-electron chi connectivity index (χ0n) is 11.4. The molecule has 1 saturated heterocycles. The van der Waals surface area contributed by atoms with Gasteiger partial charge < -0.3 is 10.6 Å². The summed E-state index contributed by atoms with van der Waals surface area (Å²) in [6.45, 7) is 3.29. The van der Waals surface area contributed by atoms with Crippen LogP contribution in [-0.4, -0.2) is 28.4 Å². The maximum Gasteiger partial charge on any atom is 0.0825 e. The zero-order chi connectivity index (χ0) is 12.5. The van der Waals surface area contributed by atoms with Crippen LogP contribution in [0.1, 0.15) is 37.8 Å². The molecule has 0 bridgehead atoms. The van der Waals surface area contributed by atoms with E-state index in [-0.39, 0.29) is 0 Å². The molecule has 4 nitrogen and oxygen atoms in total. The Morgan fingerprint density at radius 2 is 2.22 bits per heavy atom. The number of hydrogen-bond acceptors (Lipinski definition) is 3. The molecule has 0 radical (unpaired) electrons. The van der Waals surface area contributed by atoms with E-state index < -0.39 is 0 Å². The van der Waals surface area contributed by atoms with Crippen molar-refractivity contribution in [1.82, 2.24) is 15.1 Å². The summed E-state index contributed by atoms with van der Waals surface area (Å²) in [7, 11) is 1.99. The van der Waals surface area contributed by atoms with Crippen molar-refractivity contribution in [3.8, 4) is 0 Å². The number of nitrogens with zero attached hydrogens (tertiary/aromatic N) is 2. The Balaban J connectivity index is 1.69. The highest BCUT2D eigenvalue weighted by atomic mass is 15.3. The van der Waals surface area contributed by atoms with Crippen LogP contribution in [0, 0.1) is 12.8 Å². The molecule has 3 unspecified atom stereocenters. The highest BCUT2D eigenvalue weighted by Crippen LogP contribution is 2.34. The van der Waals surface area contributed by atoms with Gasteiger partial charge in [0.05, 0.1) is 11.4 Å². The van der Waals surface area contributed by atoms with E-state index >= 15 is 0 Å². The topological polar surface area (TPSA) is 41.9 Å². The van der Waals surface area contributed by atoms with Gasteiger partial charge in [-0.15, -0.1) is 0 Å². The van der Waals surface area contributed by atoms with Crippen LogP contribution in [-0.2, 0) is 7.05 Å². The van der Waals surface area contributed by atoms with Crippen LogP contribution < -0.4 is 10.6 Å². The van der Waals surface area contributed by atoms with Gasteiger partial charge in [-0.3, -0.25) is 4.68 Å². The molecule has 1 saturated carbocycles. The van der Waals surface area contributed by atoms with Crippen LogP contribution in [0.2, 0.25) is 0 Å². The maximum absolute atomic E-state index is 4.41. The van der Waals surface area contributed by atoms with Gasteiger partial charge in [0.2, 0.25) is 0 Å². The molecular formula is C14H24N4. The second-order valence-electron chi connectivity index (χ2n) is 5.85. The quantitative estimate of drug-likeness (QED) is 0.860. The van der Waals surface area contributed by atoms with E-state index in [0.29, 0.717) is 6.04 Å². The van der Waals surface area contributed by atoms with Crippen molar-refractivity contribution >= 4 is 5.69 Å². The van der Waals surface area contributed by atoms with Crippen molar-refractivity contribution in [3.05, 3.63) is 11.9 Å². The van der Waals surface area contributed by atoms with Gasteiger partial charge in [0.15, 0.2) is 0 Å². The van der Waals surface area contributed by atoms with Gasteiger partial charge in [-0.05, 0) is 45.1 Å². The van der Waals surface area contributed by atoms with Gasteiger partial charge in [-0.2, -0.15) is 5.10 Å². The predicted molar refractivity (Wildman–Crippen MR) is 73.7 cm³/mol. The first-order chi connectivity index (χ1) is 8.74. The third kappa shape index (κ3) is 2.26.